The summed E-state index contributed by atoms with van der Waals surface area (Å²) in [5.74, 6) is 0. The molecule has 0 aromatic rings. The minimum absolute atomic E-state index is 0.774. The molecular formula is C10H22N2. The summed E-state index contributed by atoms with van der Waals surface area (Å²) in [5, 5.41) is 3.54. The van der Waals surface area contributed by atoms with Crippen molar-refractivity contribution in [2.45, 2.75) is 44.7 Å². The standard InChI is InChI=1S/C10H22N2/c1-4-11-9-6-5-7-10(8-9)12(2)3/h9-11H,4-8H2,1-3H3/t9-,10-/m0/s1. The molecule has 0 unspecified atom stereocenters. The van der Waals surface area contributed by atoms with Crippen LogP contribution >= 0.6 is 0 Å². The Hall–Kier alpha value is -0.0800. The largest absolute Gasteiger partial charge is 0.314 e. The zero-order valence-corrected chi connectivity index (χ0v) is 8.64. The van der Waals surface area contributed by atoms with Gasteiger partial charge in [-0.2, -0.15) is 0 Å². The van der Waals surface area contributed by atoms with Crippen LogP contribution < -0.4 is 5.32 Å². The summed E-state index contributed by atoms with van der Waals surface area (Å²) in [5.41, 5.74) is 0. The summed E-state index contributed by atoms with van der Waals surface area (Å²) >= 11 is 0. The molecular weight excluding hydrogens is 148 g/mol. The molecule has 0 saturated heterocycles. The molecule has 0 aromatic heterocycles. The quantitative estimate of drug-likeness (QED) is 0.690. The Morgan fingerprint density at radius 3 is 2.67 bits per heavy atom. The first-order valence-corrected chi connectivity index (χ1v) is 5.13. The van der Waals surface area contributed by atoms with Crippen LogP contribution in [0.4, 0.5) is 0 Å². The van der Waals surface area contributed by atoms with Gasteiger partial charge in [0.25, 0.3) is 0 Å². The average Bonchev–Trinajstić information content (AvgIpc) is 2.05. The van der Waals surface area contributed by atoms with Gasteiger partial charge in [0, 0.05) is 12.1 Å². The van der Waals surface area contributed by atoms with Crippen LogP contribution in [0.3, 0.4) is 0 Å². The SMILES string of the molecule is CCN[C@H]1CCC[C@H](N(C)C)C1. The van der Waals surface area contributed by atoms with Crippen LogP contribution in [0.2, 0.25) is 0 Å². The van der Waals surface area contributed by atoms with Crippen LogP contribution in [0.1, 0.15) is 32.6 Å². The van der Waals surface area contributed by atoms with E-state index >= 15 is 0 Å². The van der Waals surface area contributed by atoms with E-state index in [0.717, 1.165) is 18.6 Å². The van der Waals surface area contributed by atoms with E-state index in [0.29, 0.717) is 0 Å². The first-order chi connectivity index (χ1) is 5.74. The summed E-state index contributed by atoms with van der Waals surface area (Å²) in [7, 11) is 4.39. The van der Waals surface area contributed by atoms with Gasteiger partial charge in [-0.1, -0.05) is 13.3 Å². The maximum absolute atomic E-state index is 3.54. The van der Waals surface area contributed by atoms with Crippen molar-refractivity contribution in [3.63, 3.8) is 0 Å². The molecule has 2 heteroatoms. The van der Waals surface area contributed by atoms with Crippen LogP contribution in [0.25, 0.3) is 0 Å². The van der Waals surface area contributed by atoms with E-state index in [-0.39, 0.29) is 0 Å². The number of hydrogen-bond acceptors (Lipinski definition) is 2. The maximum Gasteiger partial charge on any atom is 0.0104 e. The highest BCUT2D eigenvalue weighted by atomic mass is 15.1. The summed E-state index contributed by atoms with van der Waals surface area (Å²) in [6, 6.07) is 1.58. The van der Waals surface area contributed by atoms with Crippen molar-refractivity contribution in [1.82, 2.24) is 10.2 Å². The number of hydrogen-bond donors (Lipinski definition) is 1. The lowest BCUT2D eigenvalue weighted by molar-refractivity contribution is 0.200. The second-order valence-electron chi connectivity index (χ2n) is 4.04. The second kappa shape index (κ2) is 4.83. The van der Waals surface area contributed by atoms with E-state index in [1.165, 1.54) is 25.7 Å². The zero-order chi connectivity index (χ0) is 8.97. The molecule has 1 aliphatic carbocycles. The van der Waals surface area contributed by atoms with E-state index in [1.54, 1.807) is 0 Å². The Morgan fingerprint density at radius 1 is 1.33 bits per heavy atom. The fourth-order valence-electron chi connectivity index (χ4n) is 2.11. The molecule has 0 spiro atoms. The second-order valence-corrected chi connectivity index (χ2v) is 4.04. The Labute approximate surface area is 76.3 Å². The Balaban J connectivity index is 2.30. The van der Waals surface area contributed by atoms with Crippen molar-refractivity contribution in [3.8, 4) is 0 Å². The fourth-order valence-corrected chi connectivity index (χ4v) is 2.11. The molecule has 0 aromatic carbocycles. The molecule has 1 rings (SSSR count). The highest BCUT2D eigenvalue weighted by Gasteiger charge is 2.21. The molecule has 0 radical (unpaired) electrons. The molecule has 0 heterocycles. The lowest BCUT2D eigenvalue weighted by Crippen LogP contribution is -2.41. The smallest absolute Gasteiger partial charge is 0.0104 e. The predicted octanol–water partition coefficient (Wildman–Crippen LogP) is 1.47. The first kappa shape index (κ1) is 10.0. The van der Waals surface area contributed by atoms with Gasteiger partial charge in [0.2, 0.25) is 0 Å². The summed E-state index contributed by atoms with van der Waals surface area (Å²) in [6.07, 6.45) is 5.48. The lowest BCUT2D eigenvalue weighted by Gasteiger charge is -2.33. The van der Waals surface area contributed by atoms with Crippen LogP contribution in [-0.2, 0) is 0 Å². The fraction of sp³-hybridized carbons (Fsp3) is 1.00. The Kier molecular flexibility index (Phi) is 4.02. The van der Waals surface area contributed by atoms with Crippen LogP contribution in [0.5, 0.6) is 0 Å². The molecule has 12 heavy (non-hydrogen) atoms. The van der Waals surface area contributed by atoms with Gasteiger partial charge in [-0.15, -0.1) is 0 Å². The van der Waals surface area contributed by atoms with Crippen molar-refractivity contribution in [2.24, 2.45) is 0 Å². The Morgan fingerprint density at radius 2 is 2.08 bits per heavy atom. The average molecular weight is 170 g/mol. The van der Waals surface area contributed by atoms with Crippen LogP contribution in [0, 0.1) is 0 Å². The lowest BCUT2D eigenvalue weighted by atomic mass is 9.90. The predicted molar refractivity (Wildman–Crippen MR) is 53.4 cm³/mol. The minimum Gasteiger partial charge on any atom is -0.314 e. The van der Waals surface area contributed by atoms with Crippen molar-refractivity contribution in [1.29, 1.82) is 0 Å². The van der Waals surface area contributed by atoms with E-state index in [4.69, 9.17) is 0 Å². The number of rotatable bonds is 3. The maximum atomic E-state index is 3.54. The molecule has 2 atom stereocenters. The molecule has 0 aliphatic heterocycles. The molecule has 0 amide bonds. The third kappa shape index (κ3) is 2.76. The number of nitrogens with zero attached hydrogens (tertiary/aromatic N) is 1. The summed E-state index contributed by atoms with van der Waals surface area (Å²) in [6.45, 7) is 3.31. The molecule has 2 nitrogen and oxygen atoms in total. The van der Waals surface area contributed by atoms with Crippen LogP contribution in [0.15, 0.2) is 0 Å². The van der Waals surface area contributed by atoms with E-state index in [1.807, 2.05) is 0 Å². The zero-order valence-electron chi connectivity index (χ0n) is 8.64. The van der Waals surface area contributed by atoms with Crippen LogP contribution in [-0.4, -0.2) is 37.6 Å². The summed E-state index contributed by atoms with van der Waals surface area (Å²) < 4.78 is 0. The van der Waals surface area contributed by atoms with E-state index in [2.05, 4.69) is 31.2 Å². The van der Waals surface area contributed by atoms with E-state index in [9.17, 15) is 0 Å². The third-order valence-electron chi connectivity index (χ3n) is 2.87. The van der Waals surface area contributed by atoms with Gasteiger partial charge in [-0.05, 0) is 39.9 Å². The summed E-state index contributed by atoms with van der Waals surface area (Å²) in [4.78, 5) is 2.36. The van der Waals surface area contributed by atoms with Gasteiger partial charge < -0.3 is 10.2 Å². The van der Waals surface area contributed by atoms with Crippen molar-refractivity contribution >= 4 is 0 Å². The van der Waals surface area contributed by atoms with Gasteiger partial charge in [-0.3, -0.25) is 0 Å². The van der Waals surface area contributed by atoms with Crippen molar-refractivity contribution < 1.29 is 0 Å². The highest BCUT2D eigenvalue weighted by Crippen LogP contribution is 2.21. The topological polar surface area (TPSA) is 15.3 Å². The normalized spacial score (nSPS) is 31.0. The molecule has 72 valence electrons. The van der Waals surface area contributed by atoms with Gasteiger partial charge in [0.1, 0.15) is 0 Å². The number of nitrogens with one attached hydrogen (secondary N) is 1. The molecule has 0 bridgehead atoms. The monoisotopic (exact) mass is 170 g/mol. The van der Waals surface area contributed by atoms with Gasteiger partial charge in [0.15, 0.2) is 0 Å². The van der Waals surface area contributed by atoms with Gasteiger partial charge in [0.05, 0.1) is 0 Å². The highest BCUT2D eigenvalue weighted by molar-refractivity contribution is 4.81. The first-order valence-electron chi connectivity index (χ1n) is 5.13. The molecule has 1 fully saturated rings. The van der Waals surface area contributed by atoms with E-state index < -0.39 is 0 Å². The third-order valence-corrected chi connectivity index (χ3v) is 2.87. The van der Waals surface area contributed by atoms with Gasteiger partial charge in [-0.25, -0.2) is 0 Å². The minimum atomic E-state index is 0.774. The molecule has 1 N–H and O–H groups in total. The Bertz CT molecular complexity index is 121. The van der Waals surface area contributed by atoms with Crippen molar-refractivity contribution in [2.75, 3.05) is 20.6 Å². The molecule has 1 aliphatic rings. The van der Waals surface area contributed by atoms with Crippen molar-refractivity contribution in [3.05, 3.63) is 0 Å². The van der Waals surface area contributed by atoms with Gasteiger partial charge >= 0.3 is 0 Å². The molecule has 1 saturated carbocycles.